The first-order valence-corrected chi connectivity index (χ1v) is 9.79. The van der Waals surface area contributed by atoms with Crippen molar-refractivity contribution >= 4 is 23.1 Å². The van der Waals surface area contributed by atoms with Crippen molar-refractivity contribution in [2.24, 2.45) is 5.92 Å². The lowest BCUT2D eigenvalue weighted by Gasteiger charge is -2.36. The molecule has 24 heavy (non-hydrogen) atoms. The first kappa shape index (κ1) is 14.4. The van der Waals surface area contributed by atoms with E-state index in [0.29, 0.717) is 5.92 Å². The molecule has 3 nitrogen and oxygen atoms in total. The van der Waals surface area contributed by atoms with E-state index in [1.54, 1.807) is 11.8 Å². The van der Waals surface area contributed by atoms with Crippen molar-refractivity contribution < 1.29 is 4.74 Å². The Morgan fingerprint density at radius 3 is 2.71 bits per heavy atom. The topological polar surface area (TPSA) is 31.2 Å². The Hall–Kier alpha value is -1.98. The van der Waals surface area contributed by atoms with Crippen molar-refractivity contribution in [2.75, 3.05) is 12.4 Å². The van der Waals surface area contributed by atoms with E-state index in [2.05, 4.69) is 12.1 Å². The van der Waals surface area contributed by atoms with Gasteiger partial charge in [0.1, 0.15) is 5.75 Å². The zero-order valence-electron chi connectivity index (χ0n) is 12.8. The SMILES string of the molecule is O=c1sc2c(n1-c1ccccc1)SC[C@@H]1COc3ccccc3[C@@H]21. The molecule has 0 fully saturated rings. The number of rotatable bonds is 1. The average molecular weight is 353 g/mol. The molecule has 0 spiro atoms. The Morgan fingerprint density at radius 1 is 1.04 bits per heavy atom. The zero-order valence-corrected chi connectivity index (χ0v) is 14.5. The molecule has 2 aliphatic rings. The smallest absolute Gasteiger partial charge is 0.312 e. The largest absolute Gasteiger partial charge is 0.493 e. The van der Waals surface area contributed by atoms with Crippen LogP contribution in [0.5, 0.6) is 5.75 Å². The molecule has 0 N–H and O–H groups in total. The Morgan fingerprint density at radius 2 is 1.83 bits per heavy atom. The minimum atomic E-state index is 0.100. The van der Waals surface area contributed by atoms with Gasteiger partial charge in [0.25, 0.3) is 0 Å². The van der Waals surface area contributed by atoms with Crippen LogP contribution in [0.1, 0.15) is 16.4 Å². The lowest BCUT2D eigenvalue weighted by Crippen LogP contribution is -2.31. The molecule has 2 aromatic carbocycles. The molecule has 5 heteroatoms. The van der Waals surface area contributed by atoms with Gasteiger partial charge in [-0.25, -0.2) is 0 Å². The van der Waals surface area contributed by atoms with Gasteiger partial charge in [0.05, 0.1) is 17.3 Å². The molecule has 3 aromatic rings. The third-order valence-corrected chi connectivity index (χ3v) is 7.13. The van der Waals surface area contributed by atoms with E-state index in [4.69, 9.17) is 4.74 Å². The Balaban J connectivity index is 1.72. The van der Waals surface area contributed by atoms with Crippen LogP contribution >= 0.6 is 23.1 Å². The minimum absolute atomic E-state index is 0.100. The highest BCUT2D eigenvalue weighted by molar-refractivity contribution is 7.99. The predicted molar refractivity (Wildman–Crippen MR) is 97.9 cm³/mol. The number of aromatic nitrogens is 1. The summed E-state index contributed by atoms with van der Waals surface area (Å²) >= 11 is 3.18. The Bertz CT molecular complexity index is 961. The molecule has 1 aromatic heterocycles. The molecule has 2 atom stereocenters. The molecular weight excluding hydrogens is 338 g/mol. The number of hydrogen-bond acceptors (Lipinski definition) is 4. The van der Waals surface area contributed by atoms with Gasteiger partial charge >= 0.3 is 4.87 Å². The van der Waals surface area contributed by atoms with Crippen LogP contribution < -0.4 is 9.61 Å². The van der Waals surface area contributed by atoms with Gasteiger partial charge in [0, 0.05) is 28.0 Å². The number of ether oxygens (including phenoxy) is 1. The maximum absolute atomic E-state index is 12.7. The first-order chi connectivity index (χ1) is 11.8. The third-order valence-electron chi connectivity index (χ3n) is 4.70. The van der Waals surface area contributed by atoms with E-state index in [1.807, 2.05) is 47.0 Å². The first-order valence-electron chi connectivity index (χ1n) is 7.98. The van der Waals surface area contributed by atoms with Crippen LogP contribution in [0.4, 0.5) is 0 Å². The highest BCUT2D eigenvalue weighted by Gasteiger charge is 2.39. The van der Waals surface area contributed by atoms with Crippen molar-refractivity contribution in [3.05, 3.63) is 74.7 Å². The maximum atomic E-state index is 12.7. The van der Waals surface area contributed by atoms with E-state index in [9.17, 15) is 4.79 Å². The van der Waals surface area contributed by atoms with Gasteiger partial charge in [-0.2, -0.15) is 0 Å². The number of para-hydroxylation sites is 2. The van der Waals surface area contributed by atoms with Gasteiger partial charge in [0.2, 0.25) is 0 Å². The second kappa shape index (κ2) is 5.53. The molecule has 0 amide bonds. The predicted octanol–water partition coefficient (Wildman–Crippen LogP) is 4.15. The van der Waals surface area contributed by atoms with Crippen LogP contribution in [0.2, 0.25) is 0 Å². The Kier molecular flexibility index (Phi) is 3.31. The van der Waals surface area contributed by atoms with Crippen molar-refractivity contribution in [1.29, 1.82) is 0 Å². The highest BCUT2D eigenvalue weighted by Crippen LogP contribution is 2.50. The standard InChI is InChI=1S/C19H15NO2S2/c21-19-20(13-6-2-1-3-7-13)18-17(24-19)16-12(11-23-18)10-22-15-9-5-4-8-14(15)16/h1-9,12,16H,10-11H2/t12-,16-/m0/s1. The number of benzene rings is 2. The summed E-state index contributed by atoms with van der Waals surface area (Å²) in [4.78, 5) is 14.0. The molecule has 0 unspecified atom stereocenters. The molecule has 0 aliphatic carbocycles. The van der Waals surface area contributed by atoms with Crippen molar-refractivity contribution in [2.45, 2.75) is 10.9 Å². The number of thioether (sulfide) groups is 1. The van der Waals surface area contributed by atoms with Gasteiger partial charge in [-0.1, -0.05) is 47.7 Å². The summed E-state index contributed by atoms with van der Waals surface area (Å²) in [7, 11) is 0. The van der Waals surface area contributed by atoms with Crippen LogP contribution in [0.3, 0.4) is 0 Å². The van der Waals surface area contributed by atoms with Crippen molar-refractivity contribution in [3.8, 4) is 11.4 Å². The Labute approximate surface area is 147 Å². The maximum Gasteiger partial charge on any atom is 0.312 e. The van der Waals surface area contributed by atoms with E-state index in [0.717, 1.165) is 28.8 Å². The lowest BCUT2D eigenvalue weighted by atomic mass is 9.84. The fraction of sp³-hybridized carbons (Fsp3) is 0.211. The summed E-state index contributed by atoms with van der Waals surface area (Å²) in [6.07, 6.45) is 0. The van der Waals surface area contributed by atoms with Gasteiger partial charge < -0.3 is 4.74 Å². The lowest BCUT2D eigenvalue weighted by molar-refractivity contribution is 0.219. The van der Waals surface area contributed by atoms with Gasteiger partial charge in [-0.15, -0.1) is 11.8 Å². The van der Waals surface area contributed by atoms with Crippen LogP contribution in [0, 0.1) is 5.92 Å². The fourth-order valence-electron chi connectivity index (χ4n) is 3.61. The fourth-order valence-corrected chi connectivity index (χ4v) is 6.32. The van der Waals surface area contributed by atoms with Crippen LogP contribution in [-0.4, -0.2) is 16.9 Å². The summed E-state index contributed by atoms with van der Waals surface area (Å²) in [5.74, 6) is 2.65. The molecule has 0 bridgehead atoms. The molecule has 120 valence electrons. The third kappa shape index (κ3) is 2.08. The summed E-state index contributed by atoms with van der Waals surface area (Å²) in [5, 5.41) is 1.11. The van der Waals surface area contributed by atoms with Crippen LogP contribution in [-0.2, 0) is 0 Å². The molecule has 0 saturated heterocycles. The molecule has 0 saturated carbocycles. The normalized spacial score (nSPS) is 21.3. The summed E-state index contributed by atoms with van der Waals surface area (Å²) in [5.41, 5.74) is 2.17. The van der Waals surface area contributed by atoms with E-state index in [1.165, 1.54) is 21.8 Å². The van der Waals surface area contributed by atoms with Gasteiger partial charge in [-0.3, -0.25) is 9.36 Å². The highest BCUT2D eigenvalue weighted by atomic mass is 32.2. The van der Waals surface area contributed by atoms with E-state index >= 15 is 0 Å². The van der Waals surface area contributed by atoms with E-state index in [-0.39, 0.29) is 10.8 Å². The quantitative estimate of drug-likeness (QED) is 0.659. The number of thiazole rings is 1. The van der Waals surface area contributed by atoms with Gasteiger partial charge in [-0.05, 0) is 18.2 Å². The second-order valence-electron chi connectivity index (χ2n) is 6.11. The number of hydrogen-bond donors (Lipinski definition) is 0. The summed E-state index contributed by atoms with van der Waals surface area (Å²) in [6.45, 7) is 0.728. The van der Waals surface area contributed by atoms with Crippen molar-refractivity contribution in [1.82, 2.24) is 4.57 Å². The minimum Gasteiger partial charge on any atom is -0.493 e. The summed E-state index contributed by atoms with van der Waals surface area (Å²) in [6, 6.07) is 18.2. The second-order valence-corrected chi connectivity index (χ2v) is 8.11. The van der Waals surface area contributed by atoms with Gasteiger partial charge in [0.15, 0.2) is 0 Å². The number of fused-ring (bicyclic) bond motifs is 5. The zero-order chi connectivity index (χ0) is 16.1. The molecular formula is C19H15NO2S2. The van der Waals surface area contributed by atoms with Crippen LogP contribution in [0.15, 0.2) is 64.4 Å². The molecule has 3 heterocycles. The average Bonchev–Trinajstić information content (AvgIpc) is 2.98. The van der Waals surface area contributed by atoms with Crippen molar-refractivity contribution in [3.63, 3.8) is 0 Å². The summed E-state index contributed by atoms with van der Waals surface area (Å²) < 4.78 is 7.81. The molecule has 2 aliphatic heterocycles. The molecule has 0 radical (unpaired) electrons. The number of nitrogens with zero attached hydrogens (tertiary/aromatic N) is 1. The van der Waals surface area contributed by atoms with Crippen LogP contribution in [0.25, 0.3) is 5.69 Å². The van der Waals surface area contributed by atoms with E-state index < -0.39 is 0 Å². The molecule has 5 rings (SSSR count). The monoisotopic (exact) mass is 353 g/mol.